The van der Waals surface area contributed by atoms with E-state index in [1.807, 2.05) is 24.0 Å². The minimum atomic E-state index is -1.59. The second kappa shape index (κ2) is 11.7. The number of carboxylic acids is 1. The molecule has 3 aromatic carbocycles. The molecule has 2 aliphatic rings. The number of anilines is 1. The van der Waals surface area contributed by atoms with Gasteiger partial charge in [-0.1, -0.05) is 30.3 Å². The van der Waals surface area contributed by atoms with Crippen LogP contribution in [0.1, 0.15) is 49.1 Å². The summed E-state index contributed by atoms with van der Waals surface area (Å²) in [5.41, 5.74) is 3.20. The Bertz CT molecular complexity index is 1420. The smallest absolute Gasteiger partial charge is 0.328 e. The molecule has 216 valence electrons. The molecule has 5 rings (SSSR count). The third-order valence-corrected chi connectivity index (χ3v) is 7.78. The first-order valence-corrected chi connectivity index (χ1v) is 13.9. The number of ether oxygens (including phenoxy) is 1. The summed E-state index contributed by atoms with van der Waals surface area (Å²) in [6.45, 7) is 8.00. The number of rotatable bonds is 7. The molecule has 1 saturated heterocycles. The Labute approximate surface area is 238 Å². The summed E-state index contributed by atoms with van der Waals surface area (Å²) >= 11 is 0. The van der Waals surface area contributed by atoms with Gasteiger partial charge in [-0.05, 0) is 85.4 Å². The van der Waals surface area contributed by atoms with Crippen molar-refractivity contribution in [1.29, 1.82) is 0 Å². The molecule has 0 spiro atoms. The summed E-state index contributed by atoms with van der Waals surface area (Å²) in [7, 11) is 0. The molecule has 0 amide bonds. The zero-order valence-electron chi connectivity index (χ0n) is 23.5. The normalized spacial score (nSPS) is 19.9. The number of nitrogens with zero attached hydrogens (tertiary/aromatic N) is 2. The topological polar surface area (TPSA) is 53.0 Å². The van der Waals surface area contributed by atoms with Crippen LogP contribution in [0.5, 0.6) is 0 Å². The summed E-state index contributed by atoms with van der Waals surface area (Å²) < 4.78 is 51.7. The van der Waals surface area contributed by atoms with E-state index in [4.69, 9.17) is 9.84 Å². The van der Waals surface area contributed by atoms with Crippen molar-refractivity contribution in [3.63, 3.8) is 0 Å². The lowest BCUT2D eigenvalue weighted by molar-refractivity contribution is -0.131. The number of benzene rings is 3. The number of carbonyl (C=O) groups is 1. The number of hydrogen-bond acceptors (Lipinski definition) is 4. The fraction of sp³-hybridized carbons (Fsp3) is 0.364. The van der Waals surface area contributed by atoms with Gasteiger partial charge in [-0.2, -0.15) is 0 Å². The molecule has 0 bridgehead atoms. The van der Waals surface area contributed by atoms with Crippen LogP contribution in [0.15, 0.2) is 60.7 Å². The van der Waals surface area contributed by atoms with Crippen molar-refractivity contribution >= 4 is 17.7 Å². The third kappa shape index (κ3) is 6.49. The first kappa shape index (κ1) is 28.9. The van der Waals surface area contributed by atoms with E-state index in [0.717, 1.165) is 65.3 Å². The van der Waals surface area contributed by atoms with E-state index < -0.39 is 29.3 Å². The van der Waals surface area contributed by atoms with Crippen LogP contribution < -0.4 is 4.90 Å². The maximum atomic E-state index is 15.6. The number of fused-ring (bicyclic) bond motifs is 1. The SMILES string of the molecule is C[C@H]1Cc2cc(-c3ccc(N4CCOCC4)cc3)ccc2[C@H](c2c(F)cc(/C=C/C(=O)O)cc2F)N1CC(C)(C)F. The van der Waals surface area contributed by atoms with Crippen molar-refractivity contribution in [2.75, 3.05) is 37.7 Å². The summed E-state index contributed by atoms with van der Waals surface area (Å²) in [6.07, 6.45) is 2.58. The number of hydrogen-bond donors (Lipinski definition) is 1. The van der Waals surface area contributed by atoms with E-state index in [9.17, 15) is 4.79 Å². The van der Waals surface area contributed by atoms with Gasteiger partial charge in [-0.3, -0.25) is 4.90 Å². The van der Waals surface area contributed by atoms with Crippen molar-refractivity contribution in [3.8, 4) is 11.1 Å². The lowest BCUT2D eigenvalue weighted by Crippen LogP contribution is -2.48. The van der Waals surface area contributed by atoms with E-state index in [0.29, 0.717) is 19.6 Å². The van der Waals surface area contributed by atoms with Crippen molar-refractivity contribution < 1.29 is 27.8 Å². The van der Waals surface area contributed by atoms with Crippen molar-refractivity contribution in [2.45, 2.75) is 44.9 Å². The van der Waals surface area contributed by atoms with Crippen LogP contribution in [0.25, 0.3) is 17.2 Å². The quantitative estimate of drug-likeness (QED) is 0.326. The lowest BCUT2D eigenvalue weighted by atomic mass is 9.82. The van der Waals surface area contributed by atoms with Crippen LogP contribution >= 0.6 is 0 Å². The van der Waals surface area contributed by atoms with Gasteiger partial charge in [0.15, 0.2) is 0 Å². The van der Waals surface area contributed by atoms with Gasteiger partial charge >= 0.3 is 5.97 Å². The molecule has 5 nitrogen and oxygen atoms in total. The van der Waals surface area contributed by atoms with E-state index in [1.54, 1.807) is 0 Å². The van der Waals surface area contributed by atoms with Crippen LogP contribution in [0.4, 0.5) is 18.9 Å². The summed E-state index contributed by atoms with van der Waals surface area (Å²) in [4.78, 5) is 15.0. The molecule has 8 heteroatoms. The van der Waals surface area contributed by atoms with Crippen LogP contribution in [0.2, 0.25) is 0 Å². The molecule has 2 heterocycles. The van der Waals surface area contributed by atoms with Gasteiger partial charge in [0.05, 0.1) is 19.3 Å². The molecule has 0 unspecified atom stereocenters. The maximum absolute atomic E-state index is 15.6. The van der Waals surface area contributed by atoms with Gasteiger partial charge in [0.25, 0.3) is 0 Å². The van der Waals surface area contributed by atoms with E-state index in [2.05, 4.69) is 35.2 Å². The second-order valence-corrected chi connectivity index (χ2v) is 11.5. The molecule has 0 radical (unpaired) electrons. The number of alkyl halides is 1. The first-order valence-electron chi connectivity index (χ1n) is 13.9. The summed E-state index contributed by atoms with van der Waals surface area (Å²) in [5, 5.41) is 8.91. The van der Waals surface area contributed by atoms with E-state index >= 15 is 13.2 Å². The first-order chi connectivity index (χ1) is 19.5. The molecule has 1 fully saturated rings. The molecular weight excluding hydrogens is 529 g/mol. The van der Waals surface area contributed by atoms with Crippen molar-refractivity contribution in [2.24, 2.45) is 0 Å². The average molecular weight is 565 g/mol. The molecule has 0 aliphatic carbocycles. The second-order valence-electron chi connectivity index (χ2n) is 11.5. The van der Waals surface area contributed by atoms with Crippen LogP contribution in [0.3, 0.4) is 0 Å². The van der Waals surface area contributed by atoms with Crippen molar-refractivity contribution in [1.82, 2.24) is 4.90 Å². The molecular formula is C33H35F3N2O3. The van der Waals surface area contributed by atoms with Gasteiger partial charge in [-0.15, -0.1) is 0 Å². The Morgan fingerprint density at radius 2 is 1.66 bits per heavy atom. The Morgan fingerprint density at radius 3 is 2.27 bits per heavy atom. The molecule has 1 N–H and O–H groups in total. The average Bonchev–Trinajstić information content (AvgIpc) is 2.92. The molecule has 3 aromatic rings. The predicted octanol–water partition coefficient (Wildman–Crippen LogP) is 6.65. The fourth-order valence-electron chi connectivity index (χ4n) is 5.92. The highest BCUT2D eigenvalue weighted by atomic mass is 19.1. The molecule has 0 aromatic heterocycles. The molecule has 2 atom stereocenters. The van der Waals surface area contributed by atoms with Crippen molar-refractivity contribution in [3.05, 3.63) is 94.6 Å². The van der Waals surface area contributed by atoms with E-state index in [1.165, 1.54) is 13.8 Å². The Balaban J connectivity index is 1.54. The van der Waals surface area contributed by atoms with Crippen LogP contribution in [0, 0.1) is 11.6 Å². The van der Waals surface area contributed by atoms with Gasteiger partial charge in [0.1, 0.15) is 17.3 Å². The highest BCUT2D eigenvalue weighted by Crippen LogP contribution is 2.42. The number of carboxylic acid groups (broad SMARTS) is 1. The molecule has 0 saturated carbocycles. The number of morpholine rings is 1. The summed E-state index contributed by atoms with van der Waals surface area (Å²) in [5.74, 6) is -2.82. The van der Waals surface area contributed by atoms with Crippen LogP contribution in [-0.2, 0) is 16.0 Å². The lowest BCUT2D eigenvalue weighted by Gasteiger charge is -2.44. The predicted molar refractivity (Wildman–Crippen MR) is 155 cm³/mol. The monoisotopic (exact) mass is 564 g/mol. The third-order valence-electron chi connectivity index (χ3n) is 7.78. The van der Waals surface area contributed by atoms with Gasteiger partial charge in [-0.25, -0.2) is 18.0 Å². The standard InChI is InChI=1S/C33H35F3N2O3/c1-21-16-25-19-24(23-5-8-26(9-6-23)37-12-14-41-15-13-37)7-10-27(25)32(38(21)20-33(2,3)36)31-28(34)17-22(18-29(31)35)4-11-30(39)40/h4-11,17-19,21,32H,12-16,20H2,1-3H3,(H,39,40)/b11-4+/t21-,32+/m0/s1. The van der Waals surface area contributed by atoms with E-state index in [-0.39, 0.29) is 23.7 Å². The summed E-state index contributed by atoms with van der Waals surface area (Å²) in [6, 6.07) is 15.5. The number of aliphatic carboxylic acids is 1. The number of halogens is 3. The Hall–Kier alpha value is -3.62. The Morgan fingerprint density at radius 1 is 1.02 bits per heavy atom. The van der Waals surface area contributed by atoms with Crippen LogP contribution in [-0.4, -0.2) is 60.5 Å². The highest BCUT2D eigenvalue weighted by molar-refractivity contribution is 5.85. The largest absolute Gasteiger partial charge is 0.478 e. The molecule has 41 heavy (non-hydrogen) atoms. The zero-order valence-corrected chi connectivity index (χ0v) is 23.5. The minimum absolute atomic E-state index is 0.0113. The van der Waals surface area contributed by atoms with Gasteiger partial charge in [0, 0.05) is 43.0 Å². The fourth-order valence-corrected chi connectivity index (χ4v) is 5.92. The minimum Gasteiger partial charge on any atom is -0.478 e. The van der Waals surface area contributed by atoms with Gasteiger partial charge < -0.3 is 14.7 Å². The molecule has 2 aliphatic heterocycles. The highest BCUT2D eigenvalue weighted by Gasteiger charge is 2.39. The Kier molecular flexibility index (Phi) is 8.25. The van der Waals surface area contributed by atoms with Gasteiger partial charge in [0.2, 0.25) is 0 Å². The zero-order chi connectivity index (χ0) is 29.3. The maximum Gasteiger partial charge on any atom is 0.328 e.